The third kappa shape index (κ3) is 25.6. The van der Waals surface area contributed by atoms with Gasteiger partial charge < -0.3 is 48.2 Å². The number of ether oxygens (including phenoxy) is 5. The fourth-order valence-corrected chi connectivity index (χ4v) is 28.9. The Hall–Kier alpha value is -4.43. The Kier molecular flexibility index (Phi) is 36.1. The summed E-state index contributed by atoms with van der Waals surface area (Å²) in [6, 6.07) is 14.3. The minimum Gasteiger partial charge on any atom is -0.443 e. The number of nitrogens with zero attached hydrogens (tertiary/aromatic N) is 5. The molecule has 0 radical (unpaired) electrons. The molecule has 1 aromatic rings. The Morgan fingerprint density at radius 3 is 0.758 bits per heavy atom. The van der Waals surface area contributed by atoms with Crippen LogP contribution in [-0.4, -0.2) is 138 Å². The van der Waals surface area contributed by atoms with Gasteiger partial charge in [0.2, 0.25) is 0 Å². The van der Waals surface area contributed by atoms with E-state index in [1.165, 1.54) is 327 Å². The van der Waals surface area contributed by atoms with E-state index in [0.717, 1.165) is 137 Å². The maximum absolute atomic E-state index is 13.8. The number of benzene rings is 1. The van der Waals surface area contributed by atoms with Crippen molar-refractivity contribution in [2.24, 2.45) is 40.9 Å². The second kappa shape index (κ2) is 46.1. The van der Waals surface area contributed by atoms with Crippen molar-refractivity contribution in [3.05, 3.63) is 35.9 Å². The Morgan fingerprint density at radius 1 is 0.282 bits per heavy atom. The molecule has 18 saturated carbocycles. The summed E-state index contributed by atoms with van der Waals surface area (Å²) < 4.78 is 31.1. The van der Waals surface area contributed by atoms with Crippen LogP contribution >= 0.6 is 0 Å². The zero-order valence-corrected chi connectivity index (χ0v) is 81.1. The Balaban J connectivity index is 0.000000134. The lowest BCUT2D eigenvalue weighted by molar-refractivity contribution is -0.169. The van der Waals surface area contributed by atoms with Crippen LogP contribution in [0.15, 0.2) is 30.3 Å². The van der Waals surface area contributed by atoms with E-state index in [4.69, 9.17) is 23.7 Å². The molecule has 1 aromatic carbocycles. The first-order valence-electron chi connectivity index (χ1n) is 54.0. The monoisotopic (exact) mass is 1720 g/mol. The van der Waals surface area contributed by atoms with E-state index in [1.807, 2.05) is 58.0 Å². The average molecular weight is 1720 g/mol. The Morgan fingerprint density at radius 2 is 0.508 bits per heavy atom. The van der Waals surface area contributed by atoms with Crippen molar-refractivity contribution in [1.82, 2.24) is 24.5 Å². The van der Waals surface area contributed by atoms with Crippen molar-refractivity contribution >= 4 is 30.5 Å². The summed E-state index contributed by atoms with van der Waals surface area (Å²) in [5.41, 5.74) is -0.343. The van der Waals surface area contributed by atoms with Gasteiger partial charge >= 0.3 is 30.5 Å². The minimum atomic E-state index is -0.597. The fourth-order valence-electron chi connectivity index (χ4n) is 28.9. The van der Waals surface area contributed by atoms with E-state index in [0.29, 0.717) is 60.4 Å². The highest BCUT2D eigenvalue weighted by atomic mass is 16.6. The third-order valence-electron chi connectivity index (χ3n) is 35.9. The molecule has 124 heavy (non-hydrogen) atoms. The molecule has 704 valence electrons. The number of amides is 5. The summed E-state index contributed by atoms with van der Waals surface area (Å²) in [6.07, 6.45) is 81.5. The molecule has 0 aliphatic heterocycles. The van der Waals surface area contributed by atoms with Crippen LogP contribution in [0.25, 0.3) is 0 Å². The molecule has 18 aliphatic rings. The molecule has 15 nitrogen and oxygen atoms in total. The van der Waals surface area contributed by atoms with Crippen molar-refractivity contribution in [2.45, 2.75) is 581 Å². The smallest absolute Gasteiger partial charge is 0.411 e. The predicted molar refractivity (Wildman–Crippen MR) is 503 cm³/mol. The maximum Gasteiger partial charge on any atom is 0.411 e. The number of hydrogen-bond acceptors (Lipinski definition) is 10. The van der Waals surface area contributed by atoms with Gasteiger partial charge in [0, 0.05) is 65.8 Å². The number of rotatable bonds is 21. The van der Waals surface area contributed by atoms with Crippen molar-refractivity contribution in [3.63, 3.8) is 0 Å². The Labute approximate surface area is 756 Å². The molecule has 18 aliphatic carbocycles. The van der Waals surface area contributed by atoms with Gasteiger partial charge in [-0.2, -0.15) is 0 Å². The molecular formula is C109H183N5O10. The molecule has 8 bridgehead atoms. The summed E-state index contributed by atoms with van der Waals surface area (Å²) in [5.74, 6) is 5.21. The normalized spacial score (nSPS) is 29.2. The topological polar surface area (TPSA) is 148 Å². The molecule has 0 atom stereocenters. The van der Waals surface area contributed by atoms with Gasteiger partial charge in [-0.3, -0.25) is 0 Å². The average Bonchev–Trinajstić information content (AvgIpc) is 0.717. The summed E-state index contributed by atoms with van der Waals surface area (Å²) in [4.78, 5) is 77.5. The second-order valence-corrected chi connectivity index (χ2v) is 45.8. The summed E-state index contributed by atoms with van der Waals surface area (Å²) in [5, 5.41) is 0. The van der Waals surface area contributed by atoms with Crippen LogP contribution in [0.5, 0.6) is 0 Å². The summed E-state index contributed by atoms with van der Waals surface area (Å²) in [7, 11) is 0. The molecular weight excluding hydrogens is 1540 g/mol. The van der Waals surface area contributed by atoms with E-state index in [9.17, 15) is 24.0 Å². The van der Waals surface area contributed by atoms with E-state index in [1.54, 1.807) is 0 Å². The van der Waals surface area contributed by atoms with Gasteiger partial charge in [-0.25, -0.2) is 24.0 Å². The predicted octanol–water partition coefficient (Wildman–Crippen LogP) is 30.5. The van der Waals surface area contributed by atoms with Crippen molar-refractivity contribution in [3.8, 4) is 0 Å². The molecule has 0 aromatic heterocycles. The molecule has 5 amide bonds. The van der Waals surface area contributed by atoms with E-state index >= 15 is 0 Å². The zero-order valence-electron chi connectivity index (χ0n) is 81.1. The largest absolute Gasteiger partial charge is 0.443 e. The molecule has 19 rings (SSSR count). The van der Waals surface area contributed by atoms with Gasteiger partial charge in [0.15, 0.2) is 0 Å². The maximum atomic E-state index is 13.8. The lowest BCUT2D eigenvalue weighted by Gasteiger charge is -2.61. The van der Waals surface area contributed by atoms with E-state index in [2.05, 4.69) is 66.0 Å². The molecule has 0 heterocycles. The minimum absolute atomic E-state index is 0.0191. The van der Waals surface area contributed by atoms with Crippen LogP contribution in [0.3, 0.4) is 0 Å². The first-order valence-corrected chi connectivity index (χ1v) is 54.0. The highest BCUT2D eigenvalue weighted by molar-refractivity contribution is 5.72. The highest BCUT2D eigenvalue weighted by Crippen LogP contribution is 2.65. The van der Waals surface area contributed by atoms with Crippen molar-refractivity contribution in [2.75, 3.05) is 0 Å². The lowest BCUT2D eigenvalue weighted by Crippen LogP contribution is -2.59. The number of hydrogen-bond donors (Lipinski definition) is 0. The van der Waals surface area contributed by atoms with Gasteiger partial charge in [-0.1, -0.05) is 251 Å². The van der Waals surface area contributed by atoms with Crippen LogP contribution in [0, 0.1) is 40.9 Å². The molecule has 18 fully saturated rings. The van der Waals surface area contributed by atoms with Gasteiger partial charge in [0.1, 0.15) is 28.0 Å². The SMILES string of the molecule is CC(C)(OC(=O)N(C1CCCCC1)C1CCCCC1)C12CC3CC(CC(C3)C1)C2.CC(C)(OC(=O)N(C1CCCCC1)C1CCCCC1)c1ccccc1.CCC(C)(C)OC(=O)N(C1CCCCC1)C1CCCCC1.CCC(CC)(CC)OC(=O)N(C1CCCCC1)C1CCCCC1.O=C(OC12CC3CC(CC(C3)C1)C2)N(C1CCCCC1)C1CCCCC1. The summed E-state index contributed by atoms with van der Waals surface area (Å²) in [6.45, 7) is 21.1. The van der Waals surface area contributed by atoms with Crippen LogP contribution in [-0.2, 0) is 29.3 Å². The molecule has 0 spiro atoms. The van der Waals surface area contributed by atoms with E-state index in [-0.39, 0.29) is 58.3 Å². The van der Waals surface area contributed by atoms with Crippen LogP contribution < -0.4 is 0 Å². The number of carbonyl (C=O) groups is 5. The van der Waals surface area contributed by atoms with Gasteiger partial charge in [-0.15, -0.1) is 0 Å². The zero-order chi connectivity index (χ0) is 87.3. The summed E-state index contributed by atoms with van der Waals surface area (Å²) >= 11 is 0. The van der Waals surface area contributed by atoms with Gasteiger partial charge in [-0.05, 0) is 314 Å². The molecule has 0 unspecified atom stereocenters. The number of carbonyl (C=O) groups excluding carboxylic acids is 5. The lowest BCUT2D eigenvalue weighted by atomic mass is 9.46. The van der Waals surface area contributed by atoms with Crippen LogP contribution in [0.4, 0.5) is 24.0 Å². The van der Waals surface area contributed by atoms with E-state index < -0.39 is 5.60 Å². The highest BCUT2D eigenvalue weighted by Gasteiger charge is 2.60. The van der Waals surface area contributed by atoms with Gasteiger partial charge in [0.05, 0.1) is 0 Å². The molecule has 0 saturated heterocycles. The standard InChI is InChI=1S/C26H43NO2.C23H37NO2.C22H33NO2.C20H37NO2.C18H33NO2/c1-25(2,26-16-19-13-20(17-26)15-21(14-19)18-26)29-24(28)27(22-9-5-3-6-10-22)23-11-7-4-8-12-23;25-22(26-23-14-17-11-18(15-23)13-19(12-17)16-23)24(20-7-3-1-4-8-20)21-9-5-2-6-10-21;1-22(2,18-12-6-3-7-13-18)25-21(24)23(19-14-8-4-9-15-19)20-16-10-5-11-17-20;1-4-20(5-2,6-3)23-19(22)21(17-13-9-7-10-14-17)18-15-11-8-12-16-18;1-4-18(2,3)21-17(20)19(15-11-7-5-8-12-15)16-13-9-6-10-14-16/h19-23H,3-18H2,1-2H3;17-21H,1-16H2;3,6-7,12-13,19-20H,4-5,8-11,14-17H2,1-2H3;17-18H,4-16H2,1-3H3;15-16H,4-14H2,1-3H3. The van der Waals surface area contributed by atoms with Gasteiger partial charge in [0.25, 0.3) is 0 Å². The van der Waals surface area contributed by atoms with Crippen LogP contribution in [0.2, 0.25) is 0 Å². The third-order valence-corrected chi connectivity index (χ3v) is 35.9. The first-order chi connectivity index (χ1) is 59.9. The van der Waals surface area contributed by atoms with Crippen LogP contribution in [0.1, 0.15) is 499 Å². The first kappa shape index (κ1) is 97.1. The molecule has 0 N–H and O–H groups in total. The van der Waals surface area contributed by atoms with Crippen molar-refractivity contribution in [1.29, 1.82) is 0 Å². The fraction of sp³-hybridized carbons (Fsp3) is 0.899. The Bertz CT molecular complexity index is 3180. The van der Waals surface area contributed by atoms with Crippen molar-refractivity contribution < 1.29 is 47.7 Å². The quantitative estimate of drug-likeness (QED) is 0.109. The second-order valence-electron chi connectivity index (χ2n) is 45.8. The molecule has 15 heteroatoms.